The number of rotatable bonds is 7. The quantitative estimate of drug-likeness (QED) is 0.478. The van der Waals surface area contributed by atoms with E-state index in [1.807, 2.05) is 0 Å². The molecule has 1 aromatic carbocycles. The molecular formula is C14H18N4O3. The molecule has 0 saturated heterocycles. The second-order valence-corrected chi connectivity index (χ2v) is 5.02. The van der Waals surface area contributed by atoms with E-state index in [-0.39, 0.29) is 5.69 Å². The van der Waals surface area contributed by atoms with Crippen molar-refractivity contribution in [3.63, 3.8) is 0 Å². The van der Waals surface area contributed by atoms with Gasteiger partial charge in [0, 0.05) is 30.2 Å². The summed E-state index contributed by atoms with van der Waals surface area (Å²) in [7, 11) is 0. The van der Waals surface area contributed by atoms with E-state index in [4.69, 9.17) is 4.42 Å². The highest BCUT2D eigenvalue weighted by Gasteiger charge is 2.10. The minimum absolute atomic E-state index is 0.0400. The number of nitro groups is 1. The van der Waals surface area contributed by atoms with Crippen LogP contribution in [0.15, 0.2) is 28.7 Å². The second-order valence-electron chi connectivity index (χ2n) is 5.02. The Morgan fingerprint density at radius 2 is 2.00 bits per heavy atom. The van der Waals surface area contributed by atoms with Gasteiger partial charge in [0.25, 0.3) is 5.69 Å². The summed E-state index contributed by atoms with van der Waals surface area (Å²) in [6.07, 6.45) is 1.62. The second kappa shape index (κ2) is 6.94. The number of nitrogens with one attached hydrogen (secondary N) is 1. The zero-order chi connectivity index (χ0) is 15.2. The van der Waals surface area contributed by atoms with Gasteiger partial charge >= 0.3 is 0 Å². The van der Waals surface area contributed by atoms with Crippen molar-refractivity contribution < 1.29 is 9.34 Å². The van der Waals surface area contributed by atoms with Gasteiger partial charge in [0.2, 0.25) is 11.8 Å². The van der Waals surface area contributed by atoms with E-state index in [0.717, 1.165) is 13.0 Å². The molecule has 112 valence electrons. The van der Waals surface area contributed by atoms with Gasteiger partial charge in [0.05, 0.1) is 4.92 Å². The zero-order valence-corrected chi connectivity index (χ0v) is 12.1. The van der Waals surface area contributed by atoms with Crippen LogP contribution in [0.5, 0.6) is 0 Å². The van der Waals surface area contributed by atoms with Gasteiger partial charge in [-0.2, -0.15) is 0 Å². The molecule has 0 atom stereocenters. The fourth-order valence-corrected chi connectivity index (χ4v) is 1.83. The van der Waals surface area contributed by atoms with Crippen LogP contribution >= 0.6 is 0 Å². The van der Waals surface area contributed by atoms with E-state index in [9.17, 15) is 10.1 Å². The molecule has 1 heterocycles. The summed E-state index contributed by atoms with van der Waals surface area (Å²) in [6.45, 7) is 5.09. The monoisotopic (exact) mass is 290 g/mol. The first-order chi connectivity index (χ1) is 10.1. The SMILES string of the molecule is CC(C)NCCCc1nnc(-c2ccc([N+](=O)[O-])cc2)o1. The number of benzene rings is 1. The number of nitro benzene ring substituents is 1. The lowest BCUT2D eigenvalue weighted by atomic mass is 10.2. The summed E-state index contributed by atoms with van der Waals surface area (Å²) < 4.78 is 5.56. The van der Waals surface area contributed by atoms with Crippen molar-refractivity contribution in [3.8, 4) is 11.5 Å². The van der Waals surface area contributed by atoms with Crippen molar-refractivity contribution in [3.05, 3.63) is 40.3 Å². The highest BCUT2D eigenvalue weighted by atomic mass is 16.6. The molecule has 0 aliphatic carbocycles. The third-order valence-corrected chi connectivity index (χ3v) is 2.91. The molecule has 0 bridgehead atoms. The van der Waals surface area contributed by atoms with Crippen LogP contribution in [0.1, 0.15) is 26.2 Å². The van der Waals surface area contributed by atoms with Gasteiger partial charge in [-0.25, -0.2) is 0 Å². The summed E-state index contributed by atoms with van der Waals surface area (Å²) in [5.74, 6) is 0.964. The molecule has 1 N–H and O–H groups in total. The maximum atomic E-state index is 10.6. The molecular weight excluding hydrogens is 272 g/mol. The van der Waals surface area contributed by atoms with E-state index in [2.05, 4.69) is 29.4 Å². The lowest BCUT2D eigenvalue weighted by Gasteiger charge is -2.05. The molecule has 2 rings (SSSR count). The third kappa shape index (κ3) is 4.35. The molecule has 0 radical (unpaired) electrons. The number of aryl methyl sites for hydroxylation is 1. The molecule has 0 amide bonds. The highest BCUT2D eigenvalue weighted by molar-refractivity contribution is 5.55. The average Bonchev–Trinajstić information content (AvgIpc) is 2.92. The summed E-state index contributed by atoms with van der Waals surface area (Å²) in [5.41, 5.74) is 0.720. The number of non-ortho nitro benzene ring substituents is 1. The normalized spacial score (nSPS) is 11.0. The van der Waals surface area contributed by atoms with Crippen LogP contribution < -0.4 is 5.32 Å². The smallest absolute Gasteiger partial charge is 0.269 e. The van der Waals surface area contributed by atoms with Crippen LogP contribution in [0.3, 0.4) is 0 Å². The Kier molecular flexibility index (Phi) is 4.99. The zero-order valence-electron chi connectivity index (χ0n) is 12.1. The fourth-order valence-electron chi connectivity index (χ4n) is 1.83. The maximum Gasteiger partial charge on any atom is 0.269 e. The maximum absolute atomic E-state index is 10.6. The van der Waals surface area contributed by atoms with Gasteiger partial charge in [-0.3, -0.25) is 10.1 Å². The van der Waals surface area contributed by atoms with E-state index in [1.54, 1.807) is 12.1 Å². The van der Waals surface area contributed by atoms with Crippen molar-refractivity contribution in [2.45, 2.75) is 32.7 Å². The van der Waals surface area contributed by atoms with Gasteiger partial charge in [-0.1, -0.05) is 13.8 Å². The Labute approximate surface area is 122 Å². The first-order valence-corrected chi connectivity index (χ1v) is 6.87. The Morgan fingerprint density at radius 3 is 2.62 bits per heavy atom. The van der Waals surface area contributed by atoms with Crippen LogP contribution in [-0.2, 0) is 6.42 Å². The summed E-state index contributed by atoms with van der Waals surface area (Å²) in [6, 6.07) is 6.52. The molecule has 7 heteroatoms. The van der Waals surface area contributed by atoms with Gasteiger partial charge in [0.1, 0.15) is 0 Å². The van der Waals surface area contributed by atoms with Crippen LogP contribution in [0, 0.1) is 10.1 Å². The van der Waals surface area contributed by atoms with E-state index < -0.39 is 4.92 Å². The van der Waals surface area contributed by atoms with E-state index >= 15 is 0 Å². The molecule has 21 heavy (non-hydrogen) atoms. The van der Waals surface area contributed by atoms with Crippen LogP contribution in [0.2, 0.25) is 0 Å². The summed E-state index contributed by atoms with van der Waals surface area (Å²) in [4.78, 5) is 10.2. The fraction of sp³-hybridized carbons (Fsp3) is 0.429. The molecule has 2 aromatic rings. The molecule has 1 aromatic heterocycles. The Morgan fingerprint density at radius 1 is 1.29 bits per heavy atom. The minimum Gasteiger partial charge on any atom is -0.421 e. The van der Waals surface area contributed by atoms with Crippen LogP contribution in [0.4, 0.5) is 5.69 Å². The lowest BCUT2D eigenvalue weighted by molar-refractivity contribution is -0.384. The Hall–Kier alpha value is -2.28. The molecule has 0 fully saturated rings. The summed E-state index contributed by atoms with van der Waals surface area (Å²) >= 11 is 0. The van der Waals surface area contributed by atoms with E-state index in [0.29, 0.717) is 29.8 Å². The van der Waals surface area contributed by atoms with Gasteiger partial charge < -0.3 is 9.73 Å². The number of hydrogen-bond acceptors (Lipinski definition) is 6. The highest BCUT2D eigenvalue weighted by Crippen LogP contribution is 2.21. The van der Waals surface area contributed by atoms with Crippen molar-refractivity contribution in [1.82, 2.24) is 15.5 Å². The minimum atomic E-state index is -0.440. The lowest BCUT2D eigenvalue weighted by Crippen LogP contribution is -2.23. The first kappa shape index (κ1) is 15.1. The van der Waals surface area contributed by atoms with Crippen molar-refractivity contribution in [1.29, 1.82) is 0 Å². The topological polar surface area (TPSA) is 94.1 Å². The number of hydrogen-bond donors (Lipinski definition) is 1. The molecule has 7 nitrogen and oxygen atoms in total. The number of aromatic nitrogens is 2. The van der Waals surface area contributed by atoms with Gasteiger partial charge in [0.15, 0.2) is 0 Å². The molecule has 0 saturated carbocycles. The Balaban J connectivity index is 1.94. The molecule has 0 aliphatic heterocycles. The van der Waals surface area contributed by atoms with Gasteiger partial charge in [-0.05, 0) is 25.1 Å². The predicted octanol–water partition coefficient (Wildman–Crippen LogP) is 2.58. The van der Waals surface area contributed by atoms with E-state index in [1.165, 1.54) is 12.1 Å². The molecule has 0 aliphatic rings. The van der Waals surface area contributed by atoms with Crippen LogP contribution in [-0.4, -0.2) is 27.7 Å². The largest absolute Gasteiger partial charge is 0.421 e. The standard InChI is InChI=1S/C14H18N4O3/c1-10(2)15-9-3-4-13-16-17-14(21-13)11-5-7-12(8-6-11)18(19)20/h5-8,10,15H,3-4,9H2,1-2H3. The average molecular weight is 290 g/mol. The molecule has 0 unspecified atom stereocenters. The third-order valence-electron chi connectivity index (χ3n) is 2.91. The molecule has 0 spiro atoms. The van der Waals surface area contributed by atoms with Crippen LogP contribution in [0.25, 0.3) is 11.5 Å². The van der Waals surface area contributed by atoms with Gasteiger partial charge in [-0.15, -0.1) is 10.2 Å². The Bertz CT molecular complexity index is 593. The predicted molar refractivity (Wildman–Crippen MR) is 77.8 cm³/mol. The summed E-state index contributed by atoms with van der Waals surface area (Å²) in [5, 5.41) is 21.9. The van der Waals surface area contributed by atoms with Crippen molar-refractivity contribution >= 4 is 5.69 Å². The number of nitrogens with zero attached hydrogens (tertiary/aromatic N) is 3. The van der Waals surface area contributed by atoms with Crippen molar-refractivity contribution in [2.24, 2.45) is 0 Å². The first-order valence-electron chi connectivity index (χ1n) is 6.87. The van der Waals surface area contributed by atoms with Crippen molar-refractivity contribution in [2.75, 3.05) is 6.54 Å².